The molecule has 2 nitrogen and oxygen atoms in total. The third kappa shape index (κ3) is 4.10. The molecule has 0 saturated heterocycles. The Bertz CT molecular complexity index is 405. The Hall–Kier alpha value is -1.28. The van der Waals surface area contributed by atoms with Crippen LogP contribution in [0.2, 0.25) is 0 Å². The van der Waals surface area contributed by atoms with Gasteiger partial charge in [0, 0.05) is 6.54 Å². The van der Waals surface area contributed by atoms with E-state index < -0.39 is 48.7 Å². The molecule has 8 heteroatoms. The molecule has 1 unspecified atom stereocenters. The fourth-order valence-corrected chi connectivity index (χ4v) is 1.38. The Balaban J connectivity index is 2.59. The van der Waals surface area contributed by atoms with Crippen LogP contribution in [0.1, 0.15) is 11.7 Å². The molecule has 2 N–H and O–H groups in total. The average Bonchev–Trinajstić information content (AvgIpc) is 2.28. The molecule has 0 bridgehead atoms. The minimum absolute atomic E-state index is 0.680. The molecule has 1 aromatic carbocycles. The van der Waals surface area contributed by atoms with Gasteiger partial charge in [0.2, 0.25) is 0 Å². The summed E-state index contributed by atoms with van der Waals surface area (Å²) in [5, 5.41) is 11.3. The van der Waals surface area contributed by atoms with Gasteiger partial charge < -0.3 is 10.4 Å². The summed E-state index contributed by atoms with van der Waals surface area (Å²) < 4.78 is 75.1. The number of aliphatic hydroxyl groups is 1. The van der Waals surface area contributed by atoms with Crippen molar-refractivity contribution in [3.05, 3.63) is 35.4 Å². The summed E-state index contributed by atoms with van der Waals surface area (Å²) in [6.07, 6.45) is -5.61. The van der Waals surface area contributed by atoms with Gasteiger partial charge in [0.05, 0.1) is 18.2 Å². The molecule has 0 saturated carbocycles. The van der Waals surface area contributed by atoms with Gasteiger partial charge in [0.25, 0.3) is 0 Å². The number of alkyl halides is 4. The first kappa shape index (κ1) is 15.8. The van der Waals surface area contributed by atoms with Crippen LogP contribution in [0.4, 0.5) is 26.3 Å². The second-order valence-electron chi connectivity index (χ2n) is 3.84. The van der Waals surface area contributed by atoms with Crippen LogP contribution in [-0.2, 0) is 0 Å². The minimum atomic E-state index is -4.27. The van der Waals surface area contributed by atoms with Gasteiger partial charge in [-0.25, -0.2) is 17.6 Å². The van der Waals surface area contributed by atoms with Gasteiger partial charge in [-0.15, -0.1) is 0 Å². The molecule has 1 rings (SSSR count). The number of rotatable bonds is 6. The smallest absolute Gasteiger partial charge is 0.319 e. The van der Waals surface area contributed by atoms with Crippen molar-refractivity contribution in [2.45, 2.75) is 18.5 Å². The van der Waals surface area contributed by atoms with Crippen molar-refractivity contribution >= 4 is 0 Å². The van der Waals surface area contributed by atoms with Crippen molar-refractivity contribution in [3.8, 4) is 0 Å². The maximum Gasteiger partial charge on any atom is 0.319 e. The highest BCUT2D eigenvalue weighted by Crippen LogP contribution is 2.23. The summed E-state index contributed by atoms with van der Waals surface area (Å²) in [7, 11) is 0. The van der Waals surface area contributed by atoms with Crippen LogP contribution in [0.15, 0.2) is 18.2 Å². The standard InChI is InChI=1S/C11H11F6NO/c12-6-2-1-3-7(13)9(6)8(19)4-18-5-11(16,17)10(14)15/h1-3,8,10,18-19H,4-5H2. The van der Waals surface area contributed by atoms with E-state index >= 15 is 0 Å². The zero-order chi connectivity index (χ0) is 14.6. The Morgan fingerprint density at radius 1 is 1.16 bits per heavy atom. The van der Waals surface area contributed by atoms with Crippen LogP contribution in [0.3, 0.4) is 0 Å². The highest BCUT2D eigenvalue weighted by atomic mass is 19.3. The lowest BCUT2D eigenvalue weighted by molar-refractivity contribution is -0.125. The van der Waals surface area contributed by atoms with Crippen molar-refractivity contribution < 1.29 is 31.4 Å². The fraction of sp³-hybridized carbons (Fsp3) is 0.455. The van der Waals surface area contributed by atoms with E-state index in [0.717, 1.165) is 18.2 Å². The molecule has 0 aromatic heterocycles. The Kier molecular flexibility index (Phi) is 5.19. The van der Waals surface area contributed by atoms with E-state index in [4.69, 9.17) is 0 Å². The van der Waals surface area contributed by atoms with E-state index in [2.05, 4.69) is 0 Å². The third-order valence-corrected chi connectivity index (χ3v) is 2.35. The summed E-state index contributed by atoms with van der Waals surface area (Å²) in [6, 6.07) is 2.84. The molecule has 0 spiro atoms. The predicted octanol–water partition coefficient (Wildman–Crippen LogP) is 2.49. The maximum atomic E-state index is 13.2. The lowest BCUT2D eigenvalue weighted by Crippen LogP contribution is -2.40. The highest BCUT2D eigenvalue weighted by Gasteiger charge is 2.40. The first-order valence-corrected chi connectivity index (χ1v) is 5.24. The van der Waals surface area contributed by atoms with Crippen LogP contribution in [0.25, 0.3) is 0 Å². The molecule has 1 aromatic rings. The molecule has 0 aliphatic heterocycles. The van der Waals surface area contributed by atoms with E-state index in [1.54, 1.807) is 0 Å². The van der Waals surface area contributed by atoms with E-state index in [1.807, 2.05) is 5.32 Å². The number of nitrogens with one attached hydrogen (secondary N) is 1. The zero-order valence-corrected chi connectivity index (χ0v) is 9.52. The number of halogens is 6. The first-order valence-electron chi connectivity index (χ1n) is 5.24. The lowest BCUT2D eigenvalue weighted by Gasteiger charge is -2.18. The van der Waals surface area contributed by atoms with Gasteiger partial charge in [0.1, 0.15) is 11.6 Å². The van der Waals surface area contributed by atoms with E-state index in [-0.39, 0.29) is 0 Å². The first-order chi connectivity index (χ1) is 8.75. The zero-order valence-electron chi connectivity index (χ0n) is 9.52. The topological polar surface area (TPSA) is 32.3 Å². The van der Waals surface area contributed by atoms with Crippen LogP contribution in [0, 0.1) is 11.6 Å². The molecule has 0 amide bonds. The van der Waals surface area contributed by atoms with Gasteiger partial charge >= 0.3 is 12.3 Å². The maximum absolute atomic E-state index is 13.2. The summed E-state index contributed by atoms with van der Waals surface area (Å²) in [6.45, 7) is -2.09. The van der Waals surface area contributed by atoms with Gasteiger partial charge in [-0.1, -0.05) is 6.07 Å². The van der Waals surface area contributed by atoms with Crippen LogP contribution < -0.4 is 5.32 Å². The molecular weight excluding hydrogens is 276 g/mol. The van der Waals surface area contributed by atoms with E-state index in [0.29, 0.717) is 0 Å². The van der Waals surface area contributed by atoms with Gasteiger partial charge in [-0.3, -0.25) is 0 Å². The largest absolute Gasteiger partial charge is 0.387 e. The summed E-state index contributed by atoms with van der Waals surface area (Å²) in [4.78, 5) is 0. The molecule has 0 fully saturated rings. The Morgan fingerprint density at radius 2 is 1.68 bits per heavy atom. The van der Waals surface area contributed by atoms with Crippen LogP contribution in [-0.4, -0.2) is 30.5 Å². The lowest BCUT2D eigenvalue weighted by atomic mass is 10.1. The van der Waals surface area contributed by atoms with Crippen molar-refractivity contribution in [3.63, 3.8) is 0 Å². The van der Waals surface area contributed by atoms with Crippen LogP contribution >= 0.6 is 0 Å². The van der Waals surface area contributed by atoms with Crippen molar-refractivity contribution in [2.24, 2.45) is 0 Å². The Labute approximate surface area is 105 Å². The number of hydrogen-bond donors (Lipinski definition) is 2. The normalized spacial score (nSPS) is 13.9. The molecule has 0 aliphatic rings. The average molecular weight is 287 g/mol. The number of aliphatic hydroxyl groups excluding tert-OH is 1. The summed E-state index contributed by atoms with van der Waals surface area (Å²) in [5.74, 6) is -6.36. The minimum Gasteiger partial charge on any atom is -0.387 e. The highest BCUT2D eigenvalue weighted by molar-refractivity contribution is 5.22. The predicted molar refractivity (Wildman–Crippen MR) is 55.1 cm³/mol. The SMILES string of the molecule is OC(CNCC(F)(F)C(F)F)c1c(F)cccc1F. The summed E-state index contributed by atoms with van der Waals surface area (Å²) in [5.41, 5.74) is -0.699. The van der Waals surface area contributed by atoms with E-state index in [9.17, 15) is 31.4 Å². The second-order valence-corrected chi connectivity index (χ2v) is 3.84. The number of benzene rings is 1. The number of hydrogen-bond acceptors (Lipinski definition) is 2. The third-order valence-electron chi connectivity index (χ3n) is 2.35. The molecule has 0 aliphatic carbocycles. The van der Waals surface area contributed by atoms with E-state index in [1.165, 1.54) is 0 Å². The van der Waals surface area contributed by atoms with Gasteiger partial charge in [0.15, 0.2) is 0 Å². The monoisotopic (exact) mass is 287 g/mol. The molecule has 0 radical (unpaired) electrons. The van der Waals surface area contributed by atoms with Gasteiger partial charge in [-0.05, 0) is 12.1 Å². The second kappa shape index (κ2) is 6.25. The summed E-state index contributed by atoms with van der Waals surface area (Å²) >= 11 is 0. The van der Waals surface area contributed by atoms with Gasteiger partial charge in [-0.2, -0.15) is 8.78 Å². The van der Waals surface area contributed by atoms with Crippen molar-refractivity contribution in [1.82, 2.24) is 5.32 Å². The molecule has 0 heterocycles. The molecule has 1 atom stereocenters. The van der Waals surface area contributed by atoms with Crippen molar-refractivity contribution in [1.29, 1.82) is 0 Å². The quantitative estimate of drug-likeness (QED) is 0.788. The molecule has 108 valence electrons. The van der Waals surface area contributed by atoms with Crippen molar-refractivity contribution in [2.75, 3.05) is 13.1 Å². The van der Waals surface area contributed by atoms with Crippen LogP contribution in [0.5, 0.6) is 0 Å². The molecular formula is C11H11F6NO. The molecule has 19 heavy (non-hydrogen) atoms. The Morgan fingerprint density at radius 3 is 2.16 bits per heavy atom. The fourth-order valence-electron chi connectivity index (χ4n) is 1.38.